The highest BCUT2D eigenvalue weighted by Gasteiger charge is 2.06. The van der Waals surface area contributed by atoms with Crippen molar-refractivity contribution >= 4 is 21.6 Å². The summed E-state index contributed by atoms with van der Waals surface area (Å²) in [6.07, 6.45) is 1.55. The van der Waals surface area contributed by atoms with E-state index in [4.69, 9.17) is 0 Å². The molecule has 0 saturated heterocycles. The van der Waals surface area contributed by atoms with Crippen LogP contribution in [0.2, 0.25) is 0 Å². The lowest BCUT2D eigenvalue weighted by atomic mass is 10.1. The van der Waals surface area contributed by atoms with Gasteiger partial charge in [-0.1, -0.05) is 12.1 Å². The number of anilines is 1. The lowest BCUT2D eigenvalue weighted by Crippen LogP contribution is -2.21. The Labute approximate surface area is 118 Å². The fraction of sp³-hybridized carbons (Fsp3) is 0.231. The number of benzene rings is 1. The van der Waals surface area contributed by atoms with E-state index >= 15 is 0 Å². The molecule has 0 spiro atoms. The Kier molecular flexibility index (Phi) is 3.99. The molecule has 4 nitrogen and oxygen atoms in total. The molecule has 0 radical (unpaired) electrons. The standard InChI is InChI=1S/C13H13BrFN3O/c1-8-3-4-9(5-10(8)15)6-16-11-7-17-18(2)13(19)12(11)14/h3-5,7,16H,6H2,1-2H3. The number of hydrogen-bond acceptors (Lipinski definition) is 3. The molecule has 6 heteroatoms. The number of rotatable bonds is 3. The molecule has 0 bridgehead atoms. The van der Waals surface area contributed by atoms with E-state index < -0.39 is 0 Å². The third-order valence-corrected chi connectivity index (χ3v) is 3.56. The van der Waals surface area contributed by atoms with Crippen LogP contribution in [0.25, 0.3) is 0 Å². The number of aryl methyl sites for hydroxylation is 2. The van der Waals surface area contributed by atoms with Crippen molar-refractivity contribution in [3.8, 4) is 0 Å². The molecule has 0 unspecified atom stereocenters. The quantitative estimate of drug-likeness (QED) is 0.943. The monoisotopic (exact) mass is 325 g/mol. The van der Waals surface area contributed by atoms with E-state index in [0.29, 0.717) is 22.3 Å². The highest BCUT2D eigenvalue weighted by molar-refractivity contribution is 9.10. The van der Waals surface area contributed by atoms with Crippen LogP contribution in [-0.2, 0) is 13.6 Å². The summed E-state index contributed by atoms with van der Waals surface area (Å²) in [6.45, 7) is 2.14. The number of halogens is 2. The minimum absolute atomic E-state index is 0.222. The van der Waals surface area contributed by atoms with E-state index in [-0.39, 0.29) is 11.4 Å². The molecule has 1 aromatic heterocycles. The molecule has 0 saturated carbocycles. The van der Waals surface area contributed by atoms with Gasteiger partial charge >= 0.3 is 0 Å². The minimum atomic E-state index is -0.236. The lowest BCUT2D eigenvalue weighted by Gasteiger charge is -2.09. The van der Waals surface area contributed by atoms with Crippen molar-refractivity contribution in [3.05, 3.63) is 56.2 Å². The molecule has 0 atom stereocenters. The molecule has 2 rings (SSSR count). The van der Waals surface area contributed by atoms with Crippen molar-refractivity contribution in [1.29, 1.82) is 0 Å². The summed E-state index contributed by atoms with van der Waals surface area (Å²) >= 11 is 3.22. The molecule has 1 aromatic carbocycles. The Morgan fingerprint density at radius 2 is 2.21 bits per heavy atom. The SMILES string of the molecule is Cc1ccc(CNc2cnn(C)c(=O)c2Br)cc1F. The highest BCUT2D eigenvalue weighted by Crippen LogP contribution is 2.17. The van der Waals surface area contributed by atoms with E-state index in [1.165, 1.54) is 10.7 Å². The van der Waals surface area contributed by atoms with Gasteiger partial charge in [-0.25, -0.2) is 9.07 Å². The Hall–Kier alpha value is -1.69. The van der Waals surface area contributed by atoms with Crippen molar-refractivity contribution in [2.75, 3.05) is 5.32 Å². The molecule has 0 aliphatic rings. The maximum absolute atomic E-state index is 13.4. The first kappa shape index (κ1) is 13.7. The zero-order valence-corrected chi connectivity index (χ0v) is 12.2. The smallest absolute Gasteiger partial charge is 0.282 e. The van der Waals surface area contributed by atoms with Crippen LogP contribution in [0.4, 0.5) is 10.1 Å². The van der Waals surface area contributed by atoms with Gasteiger partial charge in [0, 0.05) is 13.6 Å². The maximum atomic E-state index is 13.4. The van der Waals surface area contributed by atoms with Crippen LogP contribution < -0.4 is 10.9 Å². The summed E-state index contributed by atoms with van der Waals surface area (Å²) in [4.78, 5) is 11.7. The van der Waals surface area contributed by atoms with Gasteiger partial charge in [0.05, 0.1) is 11.9 Å². The molecule has 0 aliphatic heterocycles. The van der Waals surface area contributed by atoms with E-state index in [1.54, 1.807) is 26.2 Å². The Balaban J connectivity index is 2.17. The largest absolute Gasteiger partial charge is 0.379 e. The van der Waals surface area contributed by atoms with Gasteiger partial charge < -0.3 is 5.32 Å². The second kappa shape index (κ2) is 5.52. The van der Waals surface area contributed by atoms with Gasteiger partial charge in [-0.2, -0.15) is 5.10 Å². The van der Waals surface area contributed by atoms with Gasteiger partial charge in [0.25, 0.3) is 5.56 Å². The first-order valence-electron chi connectivity index (χ1n) is 5.69. The Bertz CT molecular complexity index is 669. The normalized spacial score (nSPS) is 10.5. The summed E-state index contributed by atoms with van der Waals surface area (Å²) in [5, 5.41) is 6.98. The van der Waals surface area contributed by atoms with Crippen molar-refractivity contribution in [2.45, 2.75) is 13.5 Å². The first-order chi connectivity index (χ1) is 8.99. The predicted molar refractivity (Wildman–Crippen MR) is 75.6 cm³/mol. The van der Waals surface area contributed by atoms with E-state index in [2.05, 4.69) is 26.3 Å². The third-order valence-electron chi connectivity index (χ3n) is 2.80. The molecule has 0 aliphatic carbocycles. The summed E-state index contributed by atoms with van der Waals surface area (Å²) in [5.74, 6) is -0.236. The molecule has 2 aromatic rings. The second-order valence-electron chi connectivity index (χ2n) is 4.24. The number of nitrogens with zero attached hydrogens (tertiary/aromatic N) is 2. The average molecular weight is 326 g/mol. The molecular weight excluding hydrogens is 313 g/mol. The fourth-order valence-corrected chi connectivity index (χ4v) is 2.08. The molecule has 0 fully saturated rings. The molecular formula is C13H13BrFN3O. The predicted octanol–water partition coefficient (Wildman–Crippen LogP) is 2.60. The van der Waals surface area contributed by atoms with Gasteiger partial charge in [-0.15, -0.1) is 0 Å². The summed E-state index contributed by atoms with van der Waals surface area (Å²) < 4.78 is 15.0. The number of hydrogen-bond donors (Lipinski definition) is 1. The summed E-state index contributed by atoms with van der Waals surface area (Å²) in [7, 11) is 1.58. The molecule has 1 heterocycles. The molecule has 19 heavy (non-hydrogen) atoms. The van der Waals surface area contributed by atoms with Crippen molar-refractivity contribution in [2.24, 2.45) is 7.05 Å². The minimum Gasteiger partial charge on any atom is -0.379 e. The highest BCUT2D eigenvalue weighted by atomic mass is 79.9. The molecule has 1 N–H and O–H groups in total. The number of aromatic nitrogens is 2. The Morgan fingerprint density at radius 1 is 1.47 bits per heavy atom. The molecule has 100 valence electrons. The summed E-state index contributed by atoms with van der Waals surface area (Å²) in [5.41, 5.74) is 1.78. The average Bonchev–Trinajstić information content (AvgIpc) is 2.39. The van der Waals surface area contributed by atoms with Crippen LogP contribution in [-0.4, -0.2) is 9.78 Å². The van der Waals surface area contributed by atoms with E-state index in [1.807, 2.05) is 6.07 Å². The number of nitrogens with one attached hydrogen (secondary N) is 1. The van der Waals surface area contributed by atoms with Crippen molar-refractivity contribution < 1.29 is 4.39 Å². The molecule has 0 amide bonds. The topological polar surface area (TPSA) is 46.9 Å². The van der Waals surface area contributed by atoms with Crippen LogP contribution >= 0.6 is 15.9 Å². The third kappa shape index (κ3) is 3.01. The first-order valence-corrected chi connectivity index (χ1v) is 6.49. The van der Waals surface area contributed by atoms with Crippen molar-refractivity contribution in [3.63, 3.8) is 0 Å². The summed E-state index contributed by atoms with van der Waals surface area (Å²) in [6, 6.07) is 5.04. The van der Waals surface area contributed by atoms with E-state index in [9.17, 15) is 9.18 Å². The van der Waals surface area contributed by atoms with E-state index in [0.717, 1.165) is 5.56 Å². The van der Waals surface area contributed by atoms with Crippen LogP contribution in [0.1, 0.15) is 11.1 Å². The van der Waals surface area contributed by atoms with Crippen LogP contribution in [0.15, 0.2) is 33.7 Å². The van der Waals surface area contributed by atoms with Crippen LogP contribution in [0, 0.1) is 12.7 Å². The van der Waals surface area contributed by atoms with Gasteiger partial charge in [-0.3, -0.25) is 4.79 Å². The van der Waals surface area contributed by atoms with Gasteiger partial charge in [0.2, 0.25) is 0 Å². The van der Waals surface area contributed by atoms with Gasteiger partial charge in [-0.05, 0) is 40.0 Å². The fourth-order valence-electron chi connectivity index (χ4n) is 1.58. The Morgan fingerprint density at radius 3 is 2.89 bits per heavy atom. The van der Waals surface area contributed by atoms with Gasteiger partial charge in [0.15, 0.2) is 0 Å². The van der Waals surface area contributed by atoms with Crippen LogP contribution in [0.3, 0.4) is 0 Å². The zero-order chi connectivity index (χ0) is 14.0. The maximum Gasteiger partial charge on any atom is 0.282 e. The zero-order valence-electron chi connectivity index (χ0n) is 10.6. The van der Waals surface area contributed by atoms with Crippen molar-refractivity contribution in [1.82, 2.24) is 9.78 Å². The van der Waals surface area contributed by atoms with Gasteiger partial charge in [0.1, 0.15) is 10.3 Å². The lowest BCUT2D eigenvalue weighted by molar-refractivity contribution is 0.616. The van der Waals surface area contributed by atoms with Crippen LogP contribution in [0.5, 0.6) is 0 Å². The second-order valence-corrected chi connectivity index (χ2v) is 5.03.